The van der Waals surface area contributed by atoms with E-state index in [1.165, 1.54) is 0 Å². The van der Waals surface area contributed by atoms with Crippen molar-refractivity contribution in [3.05, 3.63) is 0 Å². The molecule has 4 heteroatoms. The molecule has 23 heavy (non-hydrogen) atoms. The fourth-order valence-electron chi connectivity index (χ4n) is 1.10. The van der Waals surface area contributed by atoms with E-state index in [1.807, 2.05) is 20.8 Å². The Hall–Kier alpha value is -0.160. The lowest BCUT2D eigenvalue weighted by Gasteiger charge is -2.18. The third-order valence-corrected chi connectivity index (χ3v) is 2.23. The van der Waals surface area contributed by atoms with Crippen LogP contribution >= 0.6 is 0 Å². The minimum atomic E-state index is -0.108. The van der Waals surface area contributed by atoms with Crippen molar-refractivity contribution in [3.8, 4) is 0 Å². The van der Waals surface area contributed by atoms with Gasteiger partial charge in [0.2, 0.25) is 0 Å². The molecule has 0 unspecified atom stereocenters. The summed E-state index contributed by atoms with van der Waals surface area (Å²) in [7, 11) is 0. The molecule has 2 N–H and O–H groups in total. The second-order valence-electron chi connectivity index (χ2n) is 8.68. The lowest BCUT2D eigenvalue weighted by molar-refractivity contribution is -0.0199. The van der Waals surface area contributed by atoms with Crippen molar-refractivity contribution >= 4 is 0 Å². The fraction of sp³-hybridized carbons (Fsp3) is 1.00. The maximum atomic E-state index is 8.40. The maximum Gasteiger partial charge on any atom is 0.0704 e. The summed E-state index contributed by atoms with van der Waals surface area (Å²) in [5.74, 6) is 0. The number of rotatable bonds is 5. The summed E-state index contributed by atoms with van der Waals surface area (Å²) in [4.78, 5) is 0. The highest BCUT2D eigenvalue weighted by atomic mass is 16.5. The molecule has 0 saturated carbocycles. The number of hydrogen-bond donors (Lipinski definition) is 2. The van der Waals surface area contributed by atoms with Crippen LogP contribution in [0.5, 0.6) is 0 Å². The van der Waals surface area contributed by atoms with Gasteiger partial charge in [-0.05, 0) is 59.8 Å². The van der Waals surface area contributed by atoms with E-state index in [9.17, 15) is 0 Å². The van der Waals surface area contributed by atoms with Gasteiger partial charge in [0.25, 0.3) is 0 Å². The van der Waals surface area contributed by atoms with Crippen molar-refractivity contribution < 1.29 is 19.7 Å². The molecule has 0 amide bonds. The van der Waals surface area contributed by atoms with E-state index < -0.39 is 0 Å². The van der Waals surface area contributed by atoms with Crippen LogP contribution in [0.1, 0.15) is 82.1 Å². The Morgan fingerprint density at radius 3 is 1.13 bits per heavy atom. The van der Waals surface area contributed by atoms with Crippen LogP contribution in [0, 0.1) is 5.41 Å². The highest BCUT2D eigenvalue weighted by molar-refractivity contribution is 4.59. The van der Waals surface area contributed by atoms with Gasteiger partial charge in [0.1, 0.15) is 0 Å². The van der Waals surface area contributed by atoms with Crippen molar-refractivity contribution in [2.75, 3.05) is 26.4 Å². The zero-order chi connectivity index (χ0) is 19.2. The average molecular weight is 337 g/mol. The topological polar surface area (TPSA) is 58.9 Å². The Kier molecular flexibility index (Phi) is 17.1. The van der Waals surface area contributed by atoms with Gasteiger partial charge in [-0.1, -0.05) is 27.7 Å². The van der Waals surface area contributed by atoms with Crippen LogP contribution in [-0.4, -0.2) is 47.8 Å². The van der Waals surface area contributed by atoms with Crippen molar-refractivity contribution in [1.29, 1.82) is 0 Å². The molecule has 0 aromatic heterocycles. The van der Waals surface area contributed by atoms with E-state index in [2.05, 4.69) is 48.5 Å². The molecule has 0 aromatic rings. The van der Waals surface area contributed by atoms with Crippen molar-refractivity contribution in [3.63, 3.8) is 0 Å². The Labute approximate surface area is 145 Å². The summed E-state index contributed by atoms with van der Waals surface area (Å²) in [6.07, 6.45) is 2.00. The minimum Gasteiger partial charge on any atom is -0.396 e. The molecule has 0 aliphatic carbocycles. The molecule has 0 rings (SSSR count). The van der Waals surface area contributed by atoms with Crippen LogP contribution in [0.4, 0.5) is 0 Å². The molecule has 0 radical (unpaired) electrons. The van der Waals surface area contributed by atoms with E-state index >= 15 is 0 Å². The third kappa shape index (κ3) is 44.9. The number of aliphatic hydroxyl groups is 2. The molecule has 0 aliphatic rings. The molecule has 0 bridgehead atoms. The standard InChI is InChI=1S/C7H16O.C6H14O2.C6H14O/c1-5-6-8-7(2,3)4;1-6(2,3)8-5-4-7;1-6(2,3)4-5-7/h5-6H2,1-4H3;7H,4-5H2,1-3H3;7H,4-5H2,1-3H3. The summed E-state index contributed by atoms with van der Waals surface area (Å²) in [5, 5.41) is 16.7. The number of aliphatic hydroxyl groups excluding tert-OH is 2. The molecule has 0 spiro atoms. The van der Waals surface area contributed by atoms with Gasteiger partial charge in [-0.25, -0.2) is 0 Å². The van der Waals surface area contributed by atoms with Crippen LogP contribution in [0.3, 0.4) is 0 Å². The molecule has 4 nitrogen and oxygen atoms in total. The molecule has 0 aliphatic heterocycles. The molecule has 0 aromatic carbocycles. The molecular formula is C19H44O4. The SMILES string of the molecule is CC(C)(C)CCO.CC(C)(C)OCCO.CCCOC(C)(C)C. The second-order valence-corrected chi connectivity index (χ2v) is 8.68. The van der Waals surface area contributed by atoms with Crippen molar-refractivity contribution in [2.45, 2.75) is 93.3 Å². The monoisotopic (exact) mass is 336 g/mol. The summed E-state index contributed by atoms with van der Waals surface area (Å²) >= 11 is 0. The maximum absolute atomic E-state index is 8.40. The predicted molar refractivity (Wildman–Crippen MR) is 99.9 cm³/mol. The molecule has 0 saturated heterocycles. The van der Waals surface area contributed by atoms with E-state index in [4.69, 9.17) is 19.7 Å². The van der Waals surface area contributed by atoms with Gasteiger partial charge in [0, 0.05) is 13.2 Å². The highest BCUT2D eigenvalue weighted by Gasteiger charge is 2.08. The first kappa shape index (κ1) is 27.7. The Bertz CT molecular complexity index is 213. The molecule has 0 fully saturated rings. The van der Waals surface area contributed by atoms with Crippen molar-refractivity contribution in [1.82, 2.24) is 0 Å². The third-order valence-electron chi connectivity index (χ3n) is 2.23. The molecule has 0 heterocycles. The summed E-state index contributed by atoms with van der Waals surface area (Å²) in [5.41, 5.74) is 0.244. The number of ether oxygens (including phenoxy) is 2. The van der Waals surface area contributed by atoms with Gasteiger partial charge in [-0.2, -0.15) is 0 Å². The van der Waals surface area contributed by atoms with Gasteiger partial charge in [-0.3, -0.25) is 0 Å². The Morgan fingerprint density at radius 2 is 1.04 bits per heavy atom. The van der Waals surface area contributed by atoms with Crippen molar-refractivity contribution in [2.24, 2.45) is 5.41 Å². The smallest absolute Gasteiger partial charge is 0.0704 e. The minimum absolute atomic E-state index is 0.0516. The summed E-state index contributed by atoms with van der Waals surface area (Å²) < 4.78 is 10.5. The number of hydrogen-bond acceptors (Lipinski definition) is 4. The van der Waals surface area contributed by atoms with Gasteiger partial charge in [0.05, 0.1) is 24.4 Å². The summed E-state index contributed by atoms with van der Waals surface area (Å²) in [6.45, 7) is 22.3. The van der Waals surface area contributed by atoms with E-state index in [0.717, 1.165) is 19.4 Å². The first-order valence-corrected chi connectivity index (χ1v) is 8.68. The van der Waals surface area contributed by atoms with Crippen LogP contribution in [-0.2, 0) is 9.47 Å². The van der Waals surface area contributed by atoms with Crippen LogP contribution in [0.15, 0.2) is 0 Å². The van der Waals surface area contributed by atoms with E-state index in [-0.39, 0.29) is 17.8 Å². The van der Waals surface area contributed by atoms with Gasteiger partial charge in [-0.15, -0.1) is 0 Å². The predicted octanol–water partition coefficient (Wildman–Crippen LogP) is 4.42. The lowest BCUT2D eigenvalue weighted by atomic mass is 9.93. The Balaban J connectivity index is -0.000000262. The van der Waals surface area contributed by atoms with Crippen LogP contribution < -0.4 is 0 Å². The summed E-state index contributed by atoms with van der Waals surface area (Å²) in [6, 6.07) is 0. The van der Waals surface area contributed by atoms with Gasteiger partial charge < -0.3 is 19.7 Å². The quantitative estimate of drug-likeness (QED) is 0.780. The van der Waals surface area contributed by atoms with Crippen LogP contribution in [0.2, 0.25) is 0 Å². The largest absolute Gasteiger partial charge is 0.396 e. The normalized spacial score (nSPS) is 12.0. The van der Waals surface area contributed by atoms with E-state index in [1.54, 1.807) is 0 Å². The molecule has 0 atom stereocenters. The average Bonchev–Trinajstić information content (AvgIpc) is 2.32. The lowest BCUT2D eigenvalue weighted by Crippen LogP contribution is -2.20. The zero-order valence-electron chi connectivity index (χ0n) is 17.5. The first-order valence-electron chi connectivity index (χ1n) is 8.68. The fourth-order valence-corrected chi connectivity index (χ4v) is 1.10. The second kappa shape index (κ2) is 14.2. The Morgan fingerprint density at radius 1 is 0.652 bits per heavy atom. The molecule has 144 valence electrons. The highest BCUT2D eigenvalue weighted by Crippen LogP contribution is 2.16. The van der Waals surface area contributed by atoms with Gasteiger partial charge >= 0.3 is 0 Å². The first-order chi connectivity index (χ1) is 10.2. The molecular weight excluding hydrogens is 292 g/mol. The van der Waals surface area contributed by atoms with Gasteiger partial charge in [0.15, 0.2) is 0 Å². The van der Waals surface area contributed by atoms with Crippen LogP contribution in [0.25, 0.3) is 0 Å². The zero-order valence-corrected chi connectivity index (χ0v) is 17.5. The van der Waals surface area contributed by atoms with E-state index in [0.29, 0.717) is 18.6 Å².